The zero-order valence-electron chi connectivity index (χ0n) is 15.8. The Morgan fingerprint density at radius 3 is 2.03 bits per heavy atom. The summed E-state index contributed by atoms with van der Waals surface area (Å²) in [6.07, 6.45) is 0. The Balaban J connectivity index is 1.40. The number of benzene rings is 2. The minimum atomic E-state index is -0.497. The number of halogens is 3. The molecule has 1 aliphatic heterocycles. The Kier molecular flexibility index (Phi) is 5.83. The van der Waals surface area contributed by atoms with Gasteiger partial charge < -0.3 is 9.80 Å². The molecule has 0 atom stereocenters. The van der Waals surface area contributed by atoms with Gasteiger partial charge in [0.2, 0.25) is 0 Å². The van der Waals surface area contributed by atoms with E-state index in [1.54, 1.807) is 28.0 Å². The molecule has 0 aliphatic carbocycles. The van der Waals surface area contributed by atoms with Crippen LogP contribution in [-0.2, 0) is 0 Å². The van der Waals surface area contributed by atoms with Crippen molar-refractivity contribution < 1.29 is 18.4 Å². The van der Waals surface area contributed by atoms with Crippen LogP contribution in [0, 0.1) is 11.6 Å². The molecule has 3 aromatic rings. The van der Waals surface area contributed by atoms with Gasteiger partial charge in [-0.3, -0.25) is 9.59 Å². The van der Waals surface area contributed by atoms with Gasteiger partial charge in [0.05, 0.1) is 15.5 Å². The molecule has 0 spiro atoms. The second kappa shape index (κ2) is 8.53. The monoisotopic (exact) mass is 446 g/mol. The summed E-state index contributed by atoms with van der Waals surface area (Å²) in [5, 5.41) is 0.0745. The first kappa shape index (κ1) is 20.5. The standard InChI is InChI=1S/C22H17ClF2N2O2S/c23-18-13-16(25)5-6-17(18)21(28)26-9-11-27(12-10-26)22(29)20-8-7-19(30-20)14-1-3-15(24)4-2-14/h1-8,13H,9-12H2. The van der Waals surface area contributed by atoms with Gasteiger partial charge in [0.1, 0.15) is 11.6 Å². The van der Waals surface area contributed by atoms with E-state index in [1.165, 1.54) is 35.6 Å². The number of piperazine rings is 1. The first-order chi connectivity index (χ1) is 14.4. The van der Waals surface area contributed by atoms with E-state index in [4.69, 9.17) is 11.6 Å². The minimum absolute atomic E-state index is 0.0745. The summed E-state index contributed by atoms with van der Waals surface area (Å²) >= 11 is 7.35. The maximum atomic E-state index is 13.2. The molecule has 2 aromatic carbocycles. The smallest absolute Gasteiger partial charge is 0.264 e. The summed E-state index contributed by atoms with van der Waals surface area (Å²) in [6, 6.07) is 13.4. The highest BCUT2D eigenvalue weighted by Crippen LogP contribution is 2.29. The quantitative estimate of drug-likeness (QED) is 0.571. The maximum absolute atomic E-state index is 13.2. The maximum Gasteiger partial charge on any atom is 0.264 e. The Morgan fingerprint density at radius 2 is 1.40 bits per heavy atom. The Labute approximate surface area is 181 Å². The first-order valence-corrected chi connectivity index (χ1v) is 10.5. The largest absolute Gasteiger partial charge is 0.335 e. The number of thiophene rings is 1. The van der Waals surface area contributed by atoms with E-state index >= 15 is 0 Å². The van der Waals surface area contributed by atoms with Crippen molar-refractivity contribution in [2.75, 3.05) is 26.2 Å². The lowest BCUT2D eigenvalue weighted by Crippen LogP contribution is -2.50. The van der Waals surface area contributed by atoms with Crippen molar-refractivity contribution in [1.29, 1.82) is 0 Å². The summed E-state index contributed by atoms with van der Waals surface area (Å²) in [6.45, 7) is 1.53. The molecule has 0 saturated carbocycles. The van der Waals surface area contributed by atoms with Crippen LogP contribution in [0.15, 0.2) is 54.6 Å². The van der Waals surface area contributed by atoms with Crippen LogP contribution in [0.3, 0.4) is 0 Å². The summed E-state index contributed by atoms with van der Waals surface area (Å²) in [7, 11) is 0. The minimum Gasteiger partial charge on any atom is -0.335 e. The van der Waals surface area contributed by atoms with Gasteiger partial charge in [-0.05, 0) is 48.0 Å². The Morgan fingerprint density at radius 1 is 0.800 bits per heavy atom. The van der Waals surface area contributed by atoms with Crippen molar-refractivity contribution in [2.24, 2.45) is 0 Å². The number of nitrogens with zero attached hydrogens (tertiary/aromatic N) is 2. The van der Waals surface area contributed by atoms with Crippen LogP contribution in [0.25, 0.3) is 10.4 Å². The molecule has 30 heavy (non-hydrogen) atoms. The van der Waals surface area contributed by atoms with Gasteiger partial charge >= 0.3 is 0 Å². The molecule has 1 saturated heterocycles. The molecular weight excluding hydrogens is 430 g/mol. The fourth-order valence-electron chi connectivity index (χ4n) is 3.32. The van der Waals surface area contributed by atoms with Gasteiger partial charge in [-0.25, -0.2) is 8.78 Å². The highest BCUT2D eigenvalue weighted by atomic mass is 35.5. The first-order valence-electron chi connectivity index (χ1n) is 9.32. The van der Waals surface area contributed by atoms with Crippen molar-refractivity contribution in [2.45, 2.75) is 0 Å². The molecule has 4 nitrogen and oxygen atoms in total. The van der Waals surface area contributed by atoms with E-state index in [9.17, 15) is 18.4 Å². The van der Waals surface area contributed by atoms with Crippen LogP contribution < -0.4 is 0 Å². The molecule has 0 radical (unpaired) electrons. The molecule has 1 aromatic heterocycles. The van der Waals surface area contributed by atoms with Gasteiger partial charge in [0.15, 0.2) is 0 Å². The van der Waals surface area contributed by atoms with Crippen molar-refractivity contribution in [3.05, 3.63) is 81.7 Å². The van der Waals surface area contributed by atoms with Crippen molar-refractivity contribution in [3.8, 4) is 10.4 Å². The molecule has 0 N–H and O–H groups in total. The second-order valence-electron chi connectivity index (χ2n) is 6.88. The van der Waals surface area contributed by atoms with Crippen LogP contribution in [0.1, 0.15) is 20.0 Å². The SMILES string of the molecule is O=C(c1ccc(-c2ccc(F)cc2)s1)N1CCN(C(=O)c2ccc(F)cc2Cl)CC1. The molecule has 0 bridgehead atoms. The average molecular weight is 447 g/mol. The van der Waals surface area contributed by atoms with Gasteiger partial charge in [-0.2, -0.15) is 0 Å². The van der Waals surface area contributed by atoms with E-state index in [0.717, 1.165) is 16.5 Å². The van der Waals surface area contributed by atoms with Gasteiger partial charge in [0.25, 0.3) is 11.8 Å². The number of amides is 2. The summed E-state index contributed by atoms with van der Waals surface area (Å²) in [5.41, 5.74) is 1.10. The van der Waals surface area contributed by atoms with Crippen LogP contribution in [0.5, 0.6) is 0 Å². The second-order valence-corrected chi connectivity index (χ2v) is 8.37. The summed E-state index contributed by atoms with van der Waals surface area (Å²) in [5.74, 6) is -1.18. The van der Waals surface area contributed by atoms with Gasteiger partial charge in [-0.15, -0.1) is 11.3 Å². The molecule has 2 amide bonds. The predicted octanol–water partition coefficient (Wildman–Crippen LogP) is 4.94. The van der Waals surface area contributed by atoms with Crippen LogP contribution in [0.2, 0.25) is 5.02 Å². The number of hydrogen-bond donors (Lipinski definition) is 0. The van der Waals surface area contributed by atoms with E-state index in [2.05, 4.69) is 0 Å². The topological polar surface area (TPSA) is 40.6 Å². The molecule has 4 rings (SSSR count). The lowest BCUT2D eigenvalue weighted by molar-refractivity contribution is 0.0538. The van der Waals surface area contributed by atoms with E-state index in [1.807, 2.05) is 6.07 Å². The van der Waals surface area contributed by atoms with Gasteiger partial charge in [0, 0.05) is 31.1 Å². The molecule has 1 aliphatic rings. The van der Waals surface area contributed by atoms with Crippen molar-refractivity contribution in [3.63, 3.8) is 0 Å². The Hall–Kier alpha value is -2.77. The normalized spacial score (nSPS) is 14.1. The molecular formula is C22H17ClF2N2O2S. The number of hydrogen-bond acceptors (Lipinski definition) is 3. The van der Waals surface area contributed by atoms with Crippen LogP contribution in [0.4, 0.5) is 8.78 Å². The van der Waals surface area contributed by atoms with Crippen molar-refractivity contribution >= 4 is 34.8 Å². The van der Waals surface area contributed by atoms with E-state index in [0.29, 0.717) is 31.1 Å². The molecule has 8 heteroatoms. The van der Waals surface area contributed by atoms with Gasteiger partial charge in [-0.1, -0.05) is 23.7 Å². The third-order valence-electron chi connectivity index (χ3n) is 4.96. The van der Waals surface area contributed by atoms with E-state index in [-0.39, 0.29) is 28.2 Å². The average Bonchev–Trinajstić information content (AvgIpc) is 3.24. The number of carbonyl (C=O) groups excluding carboxylic acids is 2. The fraction of sp³-hybridized carbons (Fsp3) is 0.182. The molecule has 1 fully saturated rings. The fourth-order valence-corrected chi connectivity index (χ4v) is 4.55. The van der Waals surface area contributed by atoms with Crippen LogP contribution in [-0.4, -0.2) is 47.8 Å². The molecule has 2 heterocycles. The van der Waals surface area contributed by atoms with E-state index < -0.39 is 5.82 Å². The predicted molar refractivity (Wildman–Crippen MR) is 113 cm³/mol. The third-order valence-corrected chi connectivity index (χ3v) is 6.40. The zero-order valence-corrected chi connectivity index (χ0v) is 17.4. The number of carbonyl (C=O) groups is 2. The van der Waals surface area contributed by atoms with Crippen molar-refractivity contribution in [1.82, 2.24) is 9.80 Å². The Bertz CT molecular complexity index is 1090. The highest BCUT2D eigenvalue weighted by molar-refractivity contribution is 7.17. The summed E-state index contributed by atoms with van der Waals surface area (Å²) < 4.78 is 26.3. The lowest BCUT2D eigenvalue weighted by Gasteiger charge is -2.34. The highest BCUT2D eigenvalue weighted by Gasteiger charge is 2.27. The molecule has 0 unspecified atom stereocenters. The number of rotatable bonds is 3. The third kappa shape index (κ3) is 4.22. The van der Waals surface area contributed by atoms with Crippen LogP contribution >= 0.6 is 22.9 Å². The summed E-state index contributed by atoms with van der Waals surface area (Å²) in [4.78, 5) is 30.3. The lowest BCUT2D eigenvalue weighted by atomic mass is 10.1. The molecule has 154 valence electrons. The zero-order chi connectivity index (χ0) is 21.3.